The third-order valence-corrected chi connectivity index (χ3v) is 6.39. The predicted octanol–water partition coefficient (Wildman–Crippen LogP) is 4.93. The topological polar surface area (TPSA) is 69.7 Å². The SMILES string of the molecule is O=C1c2ccccc2-c2ccc(C(=O)N3CCCN(C(=O)Nc4ccc(Cl)cc4)CC3)cc21. The monoisotopic (exact) mass is 459 g/mol. The molecule has 2 aliphatic rings. The van der Waals surface area contributed by atoms with Crippen LogP contribution in [0.2, 0.25) is 5.02 Å². The van der Waals surface area contributed by atoms with E-state index in [0.29, 0.717) is 60.0 Å². The zero-order valence-corrected chi connectivity index (χ0v) is 18.6. The van der Waals surface area contributed by atoms with Crippen molar-refractivity contribution >= 4 is 35.0 Å². The van der Waals surface area contributed by atoms with Gasteiger partial charge in [-0.2, -0.15) is 0 Å². The molecule has 6 nitrogen and oxygen atoms in total. The molecule has 1 heterocycles. The van der Waals surface area contributed by atoms with Crippen LogP contribution >= 0.6 is 11.6 Å². The number of hydrogen-bond acceptors (Lipinski definition) is 3. The van der Waals surface area contributed by atoms with Gasteiger partial charge in [0.25, 0.3) is 5.91 Å². The average Bonchev–Trinajstić information content (AvgIpc) is 2.98. The number of nitrogens with one attached hydrogen (secondary N) is 1. The maximum absolute atomic E-state index is 13.2. The molecule has 0 saturated carbocycles. The highest BCUT2D eigenvalue weighted by Gasteiger charge is 2.28. The number of amides is 3. The predicted molar refractivity (Wildman–Crippen MR) is 128 cm³/mol. The number of carbonyl (C=O) groups is 3. The van der Waals surface area contributed by atoms with Crippen molar-refractivity contribution in [3.8, 4) is 11.1 Å². The van der Waals surface area contributed by atoms with Crippen LogP contribution in [-0.4, -0.2) is 53.7 Å². The highest BCUT2D eigenvalue weighted by molar-refractivity contribution is 6.30. The summed E-state index contributed by atoms with van der Waals surface area (Å²) in [6.45, 7) is 1.97. The molecule has 1 fully saturated rings. The second kappa shape index (κ2) is 8.71. The lowest BCUT2D eigenvalue weighted by molar-refractivity contribution is 0.0762. The van der Waals surface area contributed by atoms with Gasteiger partial charge in [0.15, 0.2) is 5.78 Å². The highest BCUT2D eigenvalue weighted by Crippen LogP contribution is 2.36. The molecular weight excluding hydrogens is 438 g/mol. The maximum atomic E-state index is 13.2. The number of benzene rings is 3. The molecule has 5 rings (SSSR count). The van der Waals surface area contributed by atoms with Gasteiger partial charge in [0.2, 0.25) is 0 Å². The molecule has 0 unspecified atom stereocenters. The van der Waals surface area contributed by atoms with Gasteiger partial charge < -0.3 is 15.1 Å². The molecule has 166 valence electrons. The molecule has 0 radical (unpaired) electrons. The molecule has 1 saturated heterocycles. The first-order valence-corrected chi connectivity index (χ1v) is 11.3. The fraction of sp³-hybridized carbons (Fsp3) is 0.192. The first-order valence-electron chi connectivity index (χ1n) is 10.9. The van der Waals surface area contributed by atoms with Crippen molar-refractivity contribution in [2.75, 3.05) is 31.5 Å². The summed E-state index contributed by atoms with van der Waals surface area (Å²) in [5.74, 6) is -0.169. The molecule has 7 heteroatoms. The van der Waals surface area contributed by atoms with Crippen LogP contribution in [0.5, 0.6) is 0 Å². The number of anilines is 1. The van der Waals surface area contributed by atoms with Crippen molar-refractivity contribution in [1.82, 2.24) is 9.80 Å². The molecule has 0 spiro atoms. The molecule has 1 N–H and O–H groups in total. The van der Waals surface area contributed by atoms with Crippen LogP contribution in [0.1, 0.15) is 32.7 Å². The number of hydrogen-bond donors (Lipinski definition) is 1. The van der Waals surface area contributed by atoms with Gasteiger partial charge in [0.05, 0.1) is 0 Å². The van der Waals surface area contributed by atoms with Crippen molar-refractivity contribution in [2.45, 2.75) is 6.42 Å². The lowest BCUT2D eigenvalue weighted by Crippen LogP contribution is -2.39. The van der Waals surface area contributed by atoms with E-state index in [1.165, 1.54) is 0 Å². The lowest BCUT2D eigenvalue weighted by Gasteiger charge is -2.22. The third-order valence-electron chi connectivity index (χ3n) is 6.14. The number of fused-ring (bicyclic) bond motifs is 3. The van der Waals surface area contributed by atoms with Crippen LogP contribution in [0.25, 0.3) is 11.1 Å². The maximum Gasteiger partial charge on any atom is 0.321 e. The van der Waals surface area contributed by atoms with E-state index < -0.39 is 0 Å². The van der Waals surface area contributed by atoms with E-state index in [1.54, 1.807) is 46.2 Å². The molecule has 0 bridgehead atoms. The number of carbonyl (C=O) groups excluding carboxylic acids is 3. The Kier molecular flexibility index (Phi) is 5.60. The van der Waals surface area contributed by atoms with Gasteiger partial charge in [-0.25, -0.2) is 4.79 Å². The number of rotatable bonds is 2. The first-order chi connectivity index (χ1) is 16.0. The molecule has 0 aromatic heterocycles. The summed E-state index contributed by atoms with van der Waals surface area (Å²) in [6, 6.07) is 19.6. The highest BCUT2D eigenvalue weighted by atomic mass is 35.5. The van der Waals surface area contributed by atoms with Crippen LogP contribution in [0.15, 0.2) is 66.7 Å². The van der Waals surface area contributed by atoms with Gasteiger partial charge in [-0.1, -0.05) is 41.9 Å². The molecule has 3 aromatic carbocycles. The van der Waals surface area contributed by atoms with E-state index in [9.17, 15) is 14.4 Å². The third kappa shape index (κ3) is 4.10. The smallest absolute Gasteiger partial charge is 0.321 e. The number of nitrogens with zero attached hydrogens (tertiary/aromatic N) is 2. The van der Waals surface area contributed by atoms with Crippen LogP contribution in [-0.2, 0) is 0 Å². The Hall–Kier alpha value is -3.64. The Balaban J connectivity index is 1.26. The summed E-state index contributed by atoms with van der Waals surface area (Å²) in [4.78, 5) is 42.1. The minimum absolute atomic E-state index is 0.0452. The van der Waals surface area contributed by atoms with E-state index in [-0.39, 0.29) is 17.7 Å². The van der Waals surface area contributed by atoms with Crippen molar-refractivity contribution < 1.29 is 14.4 Å². The number of halogens is 1. The summed E-state index contributed by atoms with van der Waals surface area (Å²) >= 11 is 5.90. The first kappa shape index (κ1) is 21.2. The molecular formula is C26H22ClN3O3. The Morgan fingerprint density at radius 2 is 1.42 bits per heavy atom. The fourth-order valence-corrected chi connectivity index (χ4v) is 4.53. The quantitative estimate of drug-likeness (QED) is 0.462. The summed E-state index contributed by atoms with van der Waals surface area (Å²) in [7, 11) is 0. The molecule has 3 amide bonds. The Morgan fingerprint density at radius 1 is 0.758 bits per heavy atom. The molecule has 1 aliphatic carbocycles. The Labute approximate surface area is 196 Å². The number of urea groups is 1. The molecule has 3 aromatic rings. The zero-order valence-electron chi connectivity index (χ0n) is 17.9. The van der Waals surface area contributed by atoms with Crippen LogP contribution in [0.3, 0.4) is 0 Å². The summed E-state index contributed by atoms with van der Waals surface area (Å²) in [5, 5.41) is 3.48. The summed E-state index contributed by atoms with van der Waals surface area (Å²) in [6.07, 6.45) is 0.676. The Bertz CT molecular complexity index is 1260. The van der Waals surface area contributed by atoms with E-state index in [0.717, 1.165) is 11.1 Å². The van der Waals surface area contributed by atoms with Crippen molar-refractivity contribution in [3.05, 3.63) is 88.4 Å². The second-order valence-electron chi connectivity index (χ2n) is 8.20. The molecule has 0 atom stereocenters. The van der Waals surface area contributed by atoms with Gasteiger partial charge in [-0.3, -0.25) is 9.59 Å². The van der Waals surface area contributed by atoms with Crippen LogP contribution in [0, 0.1) is 0 Å². The van der Waals surface area contributed by atoms with E-state index in [4.69, 9.17) is 11.6 Å². The van der Waals surface area contributed by atoms with Crippen molar-refractivity contribution in [1.29, 1.82) is 0 Å². The molecule has 1 aliphatic heterocycles. The van der Waals surface area contributed by atoms with Crippen molar-refractivity contribution in [2.24, 2.45) is 0 Å². The zero-order chi connectivity index (χ0) is 22.9. The normalized spacial score (nSPS) is 15.0. The van der Waals surface area contributed by atoms with Gasteiger partial charge in [0, 0.05) is 53.6 Å². The number of ketones is 1. The summed E-state index contributed by atoms with van der Waals surface area (Å²) in [5.41, 5.74) is 4.19. The summed E-state index contributed by atoms with van der Waals surface area (Å²) < 4.78 is 0. The van der Waals surface area contributed by atoms with Crippen LogP contribution in [0.4, 0.5) is 10.5 Å². The van der Waals surface area contributed by atoms with Crippen molar-refractivity contribution in [3.63, 3.8) is 0 Å². The minimum atomic E-state index is -0.201. The fourth-order valence-electron chi connectivity index (χ4n) is 4.40. The Morgan fingerprint density at radius 3 is 2.21 bits per heavy atom. The lowest BCUT2D eigenvalue weighted by atomic mass is 10.0. The van der Waals surface area contributed by atoms with E-state index in [2.05, 4.69) is 5.32 Å². The van der Waals surface area contributed by atoms with Gasteiger partial charge >= 0.3 is 6.03 Å². The van der Waals surface area contributed by atoms with Gasteiger partial charge in [-0.15, -0.1) is 0 Å². The van der Waals surface area contributed by atoms with Crippen LogP contribution < -0.4 is 5.32 Å². The standard InChI is InChI=1S/C26H22ClN3O3/c27-18-7-9-19(10-8-18)28-26(33)30-13-3-12-29(14-15-30)25(32)17-6-11-21-20-4-1-2-5-22(20)24(31)23(21)16-17/h1-2,4-11,16H,3,12-15H2,(H,28,33). The van der Waals surface area contributed by atoms with E-state index in [1.807, 2.05) is 30.3 Å². The second-order valence-corrected chi connectivity index (χ2v) is 8.64. The minimum Gasteiger partial charge on any atom is -0.337 e. The average molecular weight is 460 g/mol. The van der Waals surface area contributed by atoms with Gasteiger partial charge in [0.1, 0.15) is 0 Å². The van der Waals surface area contributed by atoms with E-state index >= 15 is 0 Å². The molecule has 33 heavy (non-hydrogen) atoms. The largest absolute Gasteiger partial charge is 0.337 e. The van der Waals surface area contributed by atoms with Gasteiger partial charge in [-0.05, 0) is 53.9 Å².